The van der Waals surface area contributed by atoms with E-state index in [1.807, 2.05) is 38.1 Å². The number of benzene rings is 4. The molecule has 0 fully saturated rings. The fourth-order valence-corrected chi connectivity index (χ4v) is 3.80. The molecule has 0 saturated carbocycles. The van der Waals surface area contributed by atoms with E-state index in [0.29, 0.717) is 22.3 Å². The molecule has 0 amide bonds. The largest absolute Gasteiger partial charge is 0.478 e. The Labute approximate surface area is 221 Å². The molecule has 0 saturated heterocycles. The zero-order chi connectivity index (χ0) is 28.0. The Balaban J connectivity index is 0.000000211. The minimum Gasteiger partial charge on any atom is -0.478 e. The maximum Gasteiger partial charge on any atom is 0.335 e. The van der Waals surface area contributed by atoms with Gasteiger partial charge in [-0.25, -0.2) is 9.59 Å². The van der Waals surface area contributed by atoms with Gasteiger partial charge in [-0.15, -0.1) is 0 Å². The first-order valence-corrected chi connectivity index (χ1v) is 11.9. The second kappa shape index (κ2) is 11.9. The molecule has 0 aliphatic carbocycles. The third kappa shape index (κ3) is 6.68. The molecule has 38 heavy (non-hydrogen) atoms. The van der Waals surface area contributed by atoms with E-state index >= 15 is 0 Å². The standard InChI is InChI=1S/2C16H14O3/c1-10-3-6-12(7-4-10)15(17)14-9-13(16(18)19)8-5-11(14)2;1-10-4-3-5-12(8-10)15(17)14-9-13(16(18)19)7-6-11(14)2/h2*3-9H,1-2H3,(H,18,19). The molecule has 0 atom stereocenters. The molecule has 4 aromatic rings. The maximum atomic E-state index is 12.4. The first-order chi connectivity index (χ1) is 18.0. The molecule has 0 aromatic heterocycles. The van der Waals surface area contributed by atoms with Crippen molar-refractivity contribution in [2.45, 2.75) is 27.7 Å². The molecule has 0 heterocycles. The molecule has 6 nitrogen and oxygen atoms in total. The number of carbonyl (C=O) groups is 4. The lowest BCUT2D eigenvalue weighted by Gasteiger charge is -2.07. The molecule has 6 heteroatoms. The lowest BCUT2D eigenvalue weighted by molar-refractivity contribution is 0.0686. The number of carboxylic acid groups (broad SMARTS) is 2. The van der Waals surface area contributed by atoms with Crippen molar-refractivity contribution in [2.75, 3.05) is 0 Å². The van der Waals surface area contributed by atoms with Crippen molar-refractivity contribution in [3.05, 3.63) is 141 Å². The summed E-state index contributed by atoms with van der Waals surface area (Å²) in [6.45, 7) is 7.46. The Morgan fingerprint density at radius 1 is 0.474 bits per heavy atom. The number of aryl methyl sites for hydroxylation is 4. The predicted molar refractivity (Wildman–Crippen MR) is 145 cm³/mol. The van der Waals surface area contributed by atoms with Gasteiger partial charge in [0.15, 0.2) is 11.6 Å². The number of hydrogen-bond donors (Lipinski definition) is 2. The Kier molecular flexibility index (Phi) is 8.71. The average Bonchev–Trinajstić information content (AvgIpc) is 2.89. The Hall–Kier alpha value is -4.84. The molecule has 0 bridgehead atoms. The van der Waals surface area contributed by atoms with Gasteiger partial charge in [0, 0.05) is 22.3 Å². The lowest BCUT2D eigenvalue weighted by Crippen LogP contribution is -2.06. The first kappa shape index (κ1) is 27.7. The third-order valence-corrected chi connectivity index (χ3v) is 6.05. The molecule has 192 valence electrons. The fraction of sp³-hybridized carbons (Fsp3) is 0.125. The smallest absolute Gasteiger partial charge is 0.335 e. The van der Waals surface area contributed by atoms with Gasteiger partial charge in [0.05, 0.1) is 11.1 Å². The number of rotatable bonds is 6. The summed E-state index contributed by atoms with van der Waals surface area (Å²) in [5.74, 6) is -2.36. The van der Waals surface area contributed by atoms with Crippen LogP contribution in [0.5, 0.6) is 0 Å². The van der Waals surface area contributed by atoms with Gasteiger partial charge in [-0.05, 0) is 69.2 Å². The van der Waals surface area contributed by atoms with Gasteiger partial charge in [0.2, 0.25) is 0 Å². The van der Waals surface area contributed by atoms with Gasteiger partial charge >= 0.3 is 11.9 Å². The van der Waals surface area contributed by atoms with E-state index in [1.165, 1.54) is 24.3 Å². The number of hydrogen-bond acceptors (Lipinski definition) is 4. The highest BCUT2D eigenvalue weighted by molar-refractivity contribution is 6.11. The zero-order valence-electron chi connectivity index (χ0n) is 21.6. The summed E-state index contributed by atoms with van der Waals surface area (Å²) >= 11 is 0. The topological polar surface area (TPSA) is 109 Å². The van der Waals surface area contributed by atoms with Crippen LogP contribution in [-0.4, -0.2) is 33.7 Å². The average molecular weight is 509 g/mol. The van der Waals surface area contributed by atoms with Crippen LogP contribution in [-0.2, 0) is 0 Å². The molecule has 0 aliphatic rings. The maximum absolute atomic E-state index is 12.4. The van der Waals surface area contributed by atoms with Gasteiger partial charge in [-0.1, -0.05) is 65.7 Å². The zero-order valence-corrected chi connectivity index (χ0v) is 21.6. The number of carbonyl (C=O) groups excluding carboxylic acids is 2. The van der Waals surface area contributed by atoms with Crippen LogP contribution in [0.25, 0.3) is 0 Å². The minimum atomic E-state index is -1.03. The van der Waals surface area contributed by atoms with Crippen molar-refractivity contribution in [1.29, 1.82) is 0 Å². The Bertz CT molecular complexity index is 1530. The summed E-state index contributed by atoms with van der Waals surface area (Å²) in [4.78, 5) is 46.7. The lowest BCUT2D eigenvalue weighted by atomic mass is 9.96. The van der Waals surface area contributed by atoms with Crippen LogP contribution in [0.15, 0.2) is 84.9 Å². The van der Waals surface area contributed by atoms with Crippen molar-refractivity contribution < 1.29 is 29.4 Å². The molecular weight excluding hydrogens is 480 g/mol. The SMILES string of the molecule is Cc1ccc(C(=O)c2cc(C(=O)O)ccc2C)cc1.Cc1cccc(C(=O)c2cc(C(=O)O)ccc2C)c1. The predicted octanol–water partition coefficient (Wildman–Crippen LogP) is 6.47. The molecule has 4 rings (SSSR count). The summed E-state index contributed by atoms with van der Waals surface area (Å²) in [5, 5.41) is 18.0. The fourth-order valence-electron chi connectivity index (χ4n) is 3.80. The number of carboxylic acids is 2. The third-order valence-electron chi connectivity index (χ3n) is 6.05. The summed E-state index contributed by atoms with van der Waals surface area (Å²) in [6, 6.07) is 23.7. The van der Waals surface area contributed by atoms with Crippen molar-refractivity contribution >= 4 is 23.5 Å². The van der Waals surface area contributed by atoms with Crippen LogP contribution in [0.1, 0.15) is 74.8 Å². The van der Waals surface area contributed by atoms with Gasteiger partial charge in [0.25, 0.3) is 0 Å². The highest BCUT2D eigenvalue weighted by atomic mass is 16.4. The van der Waals surface area contributed by atoms with E-state index in [9.17, 15) is 19.2 Å². The van der Waals surface area contributed by atoms with Crippen LogP contribution in [0.2, 0.25) is 0 Å². The van der Waals surface area contributed by atoms with E-state index in [1.54, 1.807) is 50.2 Å². The number of ketones is 2. The summed E-state index contributed by atoms with van der Waals surface area (Å²) in [6.07, 6.45) is 0. The van der Waals surface area contributed by atoms with Crippen LogP contribution < -0.4 is 0 Å². The Morgan fingerprint density at radius 2 is 0.921 bits per heavy atom. The highest BCUT2D eigenvalue weighted by Crippen LogP contribution is 2.18. The quantitative estimate of drug-likeness (QED) is 0.289. The van der Waals surface area contributed by atoms with Crippen LogP contribution in [0, 0.1) is 27.7 Å². The van der Waals surface area contributed by atoms with E-state index in [0.717, 1.165) is 22.3 Å². The van der Waals surface area contributed by atoms with Crippen molar-refractivity contribution in [3.63, 3.8) is 0 Å². The monoisotopic (exact) mass is 508 g/mol. The molecule has 2 N–H and O–H groups in total. The van der Waals surface area contributed by atoms with Gasteiger partial charge in [0.1, 0.15) is 0 Å². The van der Waals surface area contributed by atoms with E-state index in [2.05, 4.69) is 0 Å². The summed E-state index contributed by atoms with van der Waals surface area (Å²) in [5.41, 5.74) is 5.89. The van der Waals surface area contributed by atoms with E-state index in [4.69, 9.17) is 10.2 Å². The van der Waals surface area contributed by atoms with E-state index in [-0.39, 0.29) is 22.7 Å². The summed E-state index contributed by atoms with van der Waals surface area (Å²) in [7, 11) is 0. The van der Waals surface area contributed by atoms with E-state index < -0.39 is 11.9 Å². The van der Waals surface area contributed by atoms with Crippen molar-refractivity contribution in [2.24, 2.45) is 0 Å². The second-order valence-electron chi connectivity index (χ2n) is 9.06. The van der Waals surface area contributed by atoms with Gasteiger partial charge < -0.3 is 10.2 Å². The van der Waals surface area contributed by atoms with Gasteiger partial charge in [-0.3, -0.25) is 9.59 Å². The second-order valence-corrected chi connectivity index (χ2v) is 9.06. The molecule has 0 spiro atoms. The molecule has 0 unspecified atom stereocenters. The molecule has 0 radical (unpaired) electrons. The molecule has 4 aromatic carbocycles. The van der Waals surface area contributed by atoms with Crippen LogP contribution in [0.4, 0.5) is 0 Å². The van der Waals surface area contributed by atoms with Crippen molar-refractivity contribution in [3.8, 4) is 0 Å². The van der Waals surface area contributed by atoms with Crippen LogP contribution in [0.3, 0.4) is 0 Å². The van der Waals surface area contributed by atoms with Crippen molar-refractivity contribution in [1.82, 2.24) is 0 Å². The first-order valence-electron chi connectivity index (χ1n) is 11.9. The number of aromatic carboxylic acids is 2. The molecule has 0 aliphatic heterocycles. The van der Waals surface area contributed by atoms with Crippen LogP contribution >= 0.6 is 0 Å². The Morgan fingerprint density at radius 3 is 1.37 bits per heavy atom. The normalized spacial score (nSPS) is 10.2. The molecular formula is C32H28O6. The summed E-state index contributed by atoms with van der Waals surface area (Å²) < 4.78 is 0. The van der Waals surface area contributed by atoms with Gasteiger partial charge in [-0.2, -0.15) is 0 Å². The highest BCUT2D eigenvalue weighted by Gasteiger charge is 2.15. The minimum absolute atomic E-state index is 0.126.